The molecule has 1 fully saturated rings. The van der Waals surface area contributed by atoms with Gasteiger partial charge in [0.25, 0.3) is 5.91 Å². The van der Waals surface area contributed by atoms with Gasteiger partial charge in [-0.25, -0.2) is 0 Å². The van der Waals surface area contributed by atoms with Crippen LogP contribution in [-0.2, 0) is 4.79 Å². The highest BCUT2D eigenvalue weighted by molar-refractivity contribution is 7.99. The lowest BCUT2D eigenvalue weighted by molar-refractivity contribution is -0.115. The van der Waals surface area contributed by atoms with E-state index in [0.717, 1.165) is 30.2 Å². The Morgan fingerprint density at radius 1 is 1.03 bits per heavy atom. The molecule has 160 valence electrons. The molecule has 0 aromatic heterocycles. The number of carbonyl (C=O) groups excluding carboxylic acids is 2. The molecule has 2 amide bonds. The SMILES string of the molecule is CC(C)(C)C(NCC(=O)Nc1cccc(C(=O)N2CCSCC2)c1)c1ccccc1. The number of rotatable bonds is 6. The summed E-state index contributed by atoms with van der Waals surface area (Å²) in [6.45, 7) is 8.21. The van der Waals surface area contributed by atoms with Crippen LogP contribution >= 0.6 is 11.8 Å². The number of carbonyl (C=O) groups is 2. The van der Waals surface area contributed by atoms with E-state index in [-0.39, 0.29) is 29.8 Å². The summed E-state index contributed by atoms with van der Waals surface area (Å²) < 4.78 is 0. The number of hydrogen-bond acceptors (Lipinski definition) is 4. The van der Waals surface area contributed by atoms with Gasteiger partial charge in [-0.2, -0.15) is 11.8 Å². The third kappa shape index (κ3) is 6.09. The third-order valence-corrected chi connectivity index (χ3v) is 6.10. The molecule has 5 nitrogen and oxygen atoms in total. The van der Waals surface area contributed by atoms with E-state index in [1.54, 1.807) is 6.07 Å². The van der Waals surface area contributed by atoms with Gasteiger partial charge in [0.1, 0.15) is 0 Å². The monoisotopic (exact) mass is 425 g/mol. The highest BCUT2D eigenvalue weighted by atomic mass is 32.2. The molecule has 0 saturated carbocycles. The first kappa shape index (κ1) is 22.4. The maximum absolute atomic E-state index is 12.7. The minimum Gasteiger partial charge on any atom is -0.337 e. The summed E-state index contributed by atoms with van der Waals surface area (Å²) in [5.74, 6) is 1.86. The van der Waals surface area contributed by atoms with Crippen LogP contribution in [-0.4, -0.2) is 47.9 Å². The predicted molar refractivity (Wildman–Crippen MR) is 125 cm³/mol. The zero-order chi connectivity index (χ0) is 21.6. The van der Waals surface area contributed by atoms with Gasteiger partial charge in [0.05, 0.1) is 6.54 Å². The molecule has 1 atom stereocenters. The smallest absolute Gasteiger partial charge is 0.253 e. The summed E-state index contributed by atoms with van der Waals surface area (Å²) in [5, 5.41) is 6.32. The van der Waals surface area contributed by atoms with Crippen molar-refractivity contribution >= 4 is 29.3 Å². The van der Waals surface area contributed by atoms with Crippen LogP contribution in [0.1, 0.15) is 42.7 Å². The minimum absolute atomic E-state index is 0.0291. The van der Waals surface area contributed by atoms with Crippen LogP contribution in [0.3, 0.4) is 0 Å². The molecule has 0 aliphatic carbocycles. The van der Waals surface area contributed by atoms with Crippen molar-refractivity contribution in [1.29, 1.82) is 0 Å². The van der Waals surface area contributed by atoms with E-state index >= 15 is 0 Å². The fourth-order valence-corrected chi connectivity index (χ4v) is 4.55. The average Bonchev–Trinajstić information content (AvgIpc) is 2.74. The Balaban J connectivity index is 1.61. The lowest BCUT2D eigenvalue weighted by atomic mass is 9.82. The number of nitrogens with zero attached hydrogens (tertiary/aromatic N) is 1. The second kappa shape index (κ2) is 10.1. The van der Waals surface area contributed by atoms with Crippen LogP contribution in [0.25, 0.3) is 0 Å². The summed E-state index contributed by atoms with van der Waals surface area (Å²) in [7, 11) is 0. The summed E-state index contributed by atoms with van der Waals surface area (Å²) in [4.78, 5) is 27.2. The number of amides is 2. The van der Waals surface area contributed by atoms with E-state index in [4.69, 9.17) is 0 Å². The topological polar surface area (TPSA) is 61.4 Å². The molecule has 6 heteroatoms. The van der Waals surface area contributed by atoms with E-state index in [9.17, 15) is 9.59 Å². The van der Waals surface area contributed by atoms with Crippen LogP contribution in [0.2, 0.25) is 0 Å². The molecule has 1 aliphatic rings. The molecule has 1 heterocycles. The molecular weight excluding hydrogens is 394 g/mol. The maximum atomic E-state index is 12.7. The van der Waals surface area contributed by atoms with Crippen LogP contribution in [0, 0.1) is 5.41 Å². The van der Waals surface area contributed by atoms with Crippen molar-refractivity contribution < 1.29 is 9.59 Å². The van der Waals surface area contributed by atoms with Crippen LogP contribution < -0.4 is 10.6 Å². The van der Waals surface area contributed by atoms with Gasteiger partial charge in [-0.05, 0) is 29.2 Å². The van der Waals surface area contributed by atoms with Gasteiger partial charge in [0.2, 0.25) is 5.91 Å². The summed E-state index contributed by atoms with van der Waals surface area (Å²) in [6, 6.07) is 17.4. The largest absolute Gasteiger partial charge is 0.337 e. The summed E-state index contributed by atoms with van der Waals surface area (Å²) >= 11 is 1.87. The Labute approximate surface area is 183 Å². The molecule has 30 heavy (non-hydrogen) atoms. The molecule has 1 saturated heterocycles. The minimum atomic E-state index is -0.126. The zero-order valence-corrected chi connectivity index (χ0v) is 18.8. The molecule has 3 rings (SSSR count). The number of anilines is 1. The first-order valence-electron chi connectivity index (χ1n) is 10.4. The average molecular weight is 426 g/mol. The standard InChI is InChI=1S/C24H31N3O2S/c1-24(2,3)22(18-8-5-4-6-9-18)25-17-21(28)26-20-11-7-10-19(16-20)23(29)27-12-14-30-15-13-27/h4-11,16,22,25H,12-15,17H2,1-3H3,(H,26,28). The van der Waals surface area contributed by atoms with E-state index in [0.29, 0.717) is 11.3 Å². The quantitative estimate of drug-likeness (QED) is 0.729. The number of hydrogen-bond donors (Lipinski definition) is 2. The molecule has 2 aromatic carbocycles. The van der Waals surface area contributed by atoms with Crippen molar-refractivity contribution in [3.05, 3.63) is 65.7 Å². The van der Waals surface area contributed by atoms with Gasteiger partial charge in [0, 0.05) is 41.9 Å². The van der Waals surface area contributed by atoms with Crippen LogP contribution in [0.5, 0.6) is 0 Å². The van der Waals surface area contributed by atoms with Crippen LogP contribution in [0.15, 0.2) is 54.6 Å². The van der Waals surface area contributed by atoms with Crippen molar-refractivity contribution in [2.24, 2.45) is 5.41 Å². The first-order valence-corrected chi connectivity index (χ1v) is 11.6. The Bertz CT molecular complexity index is 858. The van der Waals surface area contributed by atoms with Gasteiger partial charge in [-0.3, -0.25) is 9.59 Å². The zero-order valence-electron chi connectivity index (χ0n) is 18.0. The lowest BCUT2D eigenvalue weighted by Crippen LogP contribution is -2.38. The van der Waals surface area contributed by atoms with Gasteiger partial charge < -0.3 is 15.5 Å². The third-order valence-electron chi connectivity index (χ3n) is 5.16. The van der Waals surface area contributed by atoms with Crippen molar-refractivity contribution in [2.45, 2.75) is 26.8 Å². The molecule has 0 spiro atoms. The van der Waals surface area contributed by atoms with E-state index in [1.165, 1.54) is 0 Å². The normalized spacial score (nSPS) is 15.5. The van der Waals surface area contributed by atoms with Gasteiger partial charge in [-0.15, -0.1) is 0 Å². The van der Waals surface area contributed by atoms with Crippen molar-refractivity contribution in [3.63, 3.8) is 0 Å². The Kier molecular flexibility index (Phi) is 7.56. The highest BCUT2D eigenvalue weighted by Crippen LogP contribution is 2.32. The number of benzene rings is 2. The molecule has 1 aliphatic heterocycles. The molecule has 2 aromatic rings. The number of nitrogens with one attached hydrogen (secondary N) is 2. The van der Waals surface area contributed by atoms with Crippen molar-refractivity contribution in [3.8, 4) is 0 Å². The van der Waals surface area contributed by atoms with Crippen molar-refractivity contribution in [2.75, 3.05) is 36.5 Å². The van der Waals surface area contributed by atoms with Crippen molar-refractivity contribution in [1.82, 2.24) is 10.2 Å². The Hall–Kier alpha value is -2.31. The van der Waals surface area contributed by atoms with E-state index in [1.807, 2.05) is 53.1 Å². The second-order valence-corrected chi connectivity index (χ2v) is 9.85. The first-order chi connectivity index (χ1) is 14.3. The molecule has 1 unspecified atom stereocenters. The Morgan fingerprint density at radius 2 is 1.73 bits per heavy atom. The fraction of sp³-hybridized carbons (Fsp3) is 0.417. The fourth-order valence-electron chi connectivity index (χ4n) is 3.65. The second-order valence-electron chi connectivity index (χ2n) is 8.62. The molecule has 2 N–H and O–H groups in total. The molecule has 0 radical (unpaired) electrons. The Morgan fingerprint density at radius 3 is 2.40 bits per heavy atom. The van der Waals surface area contributed by atoms with E-state index in [2.05, 4.69) is 43.5 Å². The lowest BCUT2D eigenvalue weighted by Gasteiger charge is -2.32. The molecular formula is C24H31N3O2S. The predicted octanol–water partition coefficient (Wildman–Crippen LogP) is 4.19. The molecule has 0 bridgehead atoms. The number of thioether (sulfide) groups is 1. The van der Waals surface area contributed by atoms with Crippen LogP contribution in [0.4, 0.5) is 5.69 Å². The van der Waals surface area contributed by atoms with Gasteiger partial charge in [0.15, 0.2) is 0 Å². The van der Waals surface area contributed by atoms with E-state index < -0.39 is 0 Å². The summed E-state index contributed by atoms with van der Waals surface area (Å²) in [6.07, 6.45) is 0. The summed E-state index contributed by atoms with van der Waals surface area (Å²) in [5.41, 5.74) is 2.38. The highest BCUT2D eigenvalue weighted by Gasteiger charge is 2.26. The van der Waals surface area contributed by atoms with Gasteiger partial charge >= 0.3 is 0 Å². The maximum Gasteiger partial charge on any atom is 0.253 e. The van der Waals surface area contributed by atoms with Gasteiger partial charge in [-0.1, -0.05) is 57.2 Å².